The summed E-state index contributed by atoms with van der Waals surface area (Å²) in [5.74, 6) is 265. The number of hydrogen-bond donors (Lipinski definition) is 0. The lowest BCUT2D eigenvalue weighted by atomic mass is 10.4. The molecular formula is C108H5-. The fourth-order valence-corrected chi connectivity index (χ4v) is 3.29. The van der Waals surface area contributed by atoms with Crippen LogP contribution in [0, 0.1) is 634 Å². The Kier molecular flexibility index (Phi) is 65.4. The van der Waals surface area contributed by atoms with Crippen LogP contribution in [0.1, 0.15) is 6.92 Å². The normalized spacial score (nSPS) is 3.97. The molecule has 0 nitrogen and oxygen atoms in total. The lowest BCUT2D eigenvalue weighted by molar-refractivity contribution is 1.92. The van der Waals surface area contributed by atoms with Gasteiger partial charge in [0.15, 0.2) is 0 Å². The third kappa shape index (κ3) is 82.6. The van der Waals surface area contributed by atoms with E-state index in [-0.39, 0.29) is 0 Å². The van der Waals surface area contributed by atoms with Crippen LogP contribution >= 0.6 is 0 Å². The van der Waals surface area contributed by atoms with Crippen molar-refractivity contribution in [2.75, 3.05) is 0 Å². The van der Waals surface area contributed by atoms with Crippen LogP contribution < -0.4 is 0 Å². The van der Waals surface area contributed by atoms with Crippen molar-refractivity contribution >= 4 is 0 Å². The molecule has 0 rings (SSSR count). The van der Waals surface area contributed by atoms with E-state index in [1.807, 2.05) is 0 Å². The Morgan fingerprint density at radius 3 is 0.167 bits per heavy atom. The first kappa shape index (κ1) is 84.6. The van der Waals surface area contributed by atoms with E-state index in [1.165, 1.54) is 0 Å². The molecule has 0 aromatic heterocycles. The first-order chi connectivity index (χ1) is 53.9. The number of rotatable bonds is 0. The predicted molar refractivity (Wildman–Crippen MR) is 423 cm³/mol. The zero-order valence-corrected chi connectivity index (χ0v) is 54.7. The quantitative estimate of drug-likeness (QED) is 0.252. The molecule has 0 heteroatoms. The Morgan fingerprint density at radius 1 is 0.0741 bits per heavy atom. The molecule has 0 aliphatic carbocycles. The van der Waals surface area contributed by atoms with Gasteiger partial charge in [0, 0.05) is 509 Å². The molecule has 438 valence electrons. The van der Waals surface area contributed by atoms with Crippen molar-refractivity contribution in [1.82, 2.24) is 0 Å². The maximum Gasteiger partial charge on any atom is 0 e. The highest BCUT2D eigenvalue weighted by Gasteiger charge is 1.68. The minimum atomic E-state index is 1.68. The summed E-state index contributed by atoms with van der Waals surface area (Å²) in [7, 11) is 0. The molecule has 0 N–H and O–H groups in total. The van der Waals surface area contributed by atoms with Gasteiger partial charge in [0.2, 0.25) is 0 Å². The van der Waals surface area contributed by atoms with Crippen LogP contribution in [0.25, 0.3) is 0 Å². The maximum atomic E-state index is 3.32. The molecule has 0 aliphatic rings. The molecule has 0 fully saturated rings. The van der Waals surface area contributed by atoms with E-state index in [9.17, 15) is 0 Å². The SMILES string of the molecule is [CH2-]C#CC#CC#CC#CC#CC#CC#CC#CC#CC#CC#CC#CC#CC#CC#CC#CC#CC#CC#CC#CC#CC#CC#CC#CC#CC#CC#CC#CC#CC#CC#CC#CC#CC#CC#CC#CC#CC#CC#CC#CC#CC#CC#CC#CC#CC#CC#CC#CC#CC#CC#CC#CC#CC. The third-order valence-corrected chi connectivity index (χ3v) is 6.65. The zero-order chi connectivity index (χ0) is 77.0. The summed E-state index contributed by atoms with van der Waals surface area (Å²) < 4.78 is 0. The van der Waals surface area contributed by atoms with E-state index >= 15 is 0 Å². The van der Waals surface area contributed by atoms with Gasteiger partial charge >= 0.3 is 0 Å². The van der Waals surface area contributed by atoms with Gasteiger partial charge < -0.3 is 0 Å². The fraction of sp³-hybridized carbons (Fsp3) is 0.00926. The molecule has 108 heavy (non-hydrogen) atoms. The van der Waals surface area contributed by atoms with Crippen molar-refractivity contribution in [1.29, 1.82) is 0 Å². The predicted octanol–water partition coefficient (Wildman–Crippen LogP) is 1.02. The molecule has 0 amide bonds. The molecule has 0 spiro atoms. The first-order valence-electron chi connectivity index (χ1n) is 27.1. The van der Waals surface area contributed by atoms with Crippen molar-refractivity contribution < 1.29 is 0 Å². The van der Waals surface area contributed by atoms with Gasteiger partial charge in [-0.05, 0) is 102 Å². The minimum Gasteiger partial charge on any atom is -0.284 e. The lowest BCUT2D eigenvalue weighted by Gasteiger charge is -1.64. The van der Waals surface area contributed by atoms with Gasteiger partial charge in [-0.15, -0.1) is 5.92 Å². The Hall–Kier alpha value is -23.4. The second-order valence-corrected chi connectivity index (χ2v) is 13.4. The van der Waals surface area contributed by atoms with E-state index in [0.717, 1.165) is 0 Å². The molecule has 0 aromatic rings. The van der Waals surface area contributed by atoms with Crippen molar-refractivity contribution in [2.45, 2.75) is 6.92 Å². The maximum absolute atomic E-state index is 3.32. The second kappa shape index (κ2) is 83.5. The first-order valence-corrected chi connectivity index (χ1v) is 27.1. The van der Waals surface area contributed by atoms with Gasteiger partial charge in [-0.25, -0.2) is 5.92 Å². The van der Waals surface area contributed by atoms with Gasteiger partial charge in [-0.1, -0.05) is 5.92 Å². The Bertz CT molecular complexity index is 7190. The number of hydrogen-bond acceptors (Lipinski definition) is 0. The highest BCUT2D eigenvalue weighted by atomic mass is 13.7. The Morgan fingerprint density at radius 2 is 0.120 bits per heavy atom. The molecule has 0 aliphatic heterocycles. The second-order valence-electron chi connectivity index (χ2n) is 13.4. The van der Waals surface area contributed by atoms with Crippen LogP contribution in [0.15, 0.2) is 0 Å². The summed E-state index contributed by atoms with van der Waals surface area (Å²) in [5, 5.41) is 0. The van der Waals surface area contributed by atoms with Gasteiger partial charge in [0.1, 0.15) is 0 Å². The summed E-state index contributed by atoms with van der Waals surface area (Å²) in [4.78, 5) is 0. The summed E-state index contributed by atoms with van der Waals surface area (Å²) in [6.45, 7) is 5.00. The van der Waals surface area contributed by atoms with Gasteiger partial charge in [-0.2, -0.15) is 6.92 Å². The molecule has 0 aromatic carbocycles. The van der Waals surface area contributed by atoms with Crippen LogP contribution in [-0.4, -0.2) is 0 Å². The van der Waals surface area contributed by atoms with E-state index in [0.29, 0.717) is 0 Å². The van der Waals surface area contributed by atoms with E-state index in [4.69, 9.17) is 0 Å². The minimum absolute atomic E-state index is 1.68. The van der Waals surface area contributed by atoms with Crippen LogP contribution in [0.2, 0.25) is 0 Å². The van der Waals surface area contributed by atoms with Gasteiger partial charge in [0.25, 0.3) is 0 Å². The van der Waals surface area contributed by atoms with Crippen LogP contribution in [-0.2, 0) is 0 Å². The summed E-state index contributed by atoms with van der Waals surface area (Å²) in [6, 6.07) is 0. The van der Waals surface area contributed by atoms with Crippen LogP contribution in [0.5, 0.6) is 0 Å². The molecule has 0 atom stereocenters. The molecule has 0 heterocycles. The monoisotopic (exact) mass is 1300 g/mol. The highest BCUT2D eigenvalue weighted by Crippen LogP contribution is 1.68. The summed E-state index contributed by atoms with van der Waals surface area (Å²) in [5.41, 5.74) is 0. The molecular weight excluding hydrogens is 1300 g/mol. The van der Waals surface area contributed by atoms with Crippen LogP contribution in [0.4, 0.5) is 0 Å². The topological polar surface area (TPSA) is 0 Å². The average molecular weight is 1300 g/mol. The smallest absolute Gasteiger partial charge is 0 e. The largest absolute Gasteiger partial charge is 0.284 e. The van der Waals surface area contributed by atoms with Gasteiger partial charge in [-0.3, -0.25) is 5.92 Å². The van der Waals surface area contributed by atoms with Crippen molar-refractivity contribution in [3.05, 3.63) is 6.92 Å². The zero-order valence-electron chi connectivity index (χ0n) is 54.7. The average Bonchev–Trinajstić information content (AvgIpc) is 3.89. The Labute approximate surface area is 637 Å². The van der Waals surface area contributed by atoms with Crippen molar-refractivity contribution in [3.8, 4) is 628 Å². The van der Waals surface area contributed by atoms with Crippen LogP contribution in [0.3, 0.4) is 0 Å². The molecule has 0 saturated carbocycles. The third-order valence-electron chi connectivity index (χ3n) is 6.65. The van der Waals surface area contributed by atoms with Gasteiger partial charge in [0.05, 0.1) is 0 Å². The summed E-state index contributed by atoms with van der Waals surface area (Å²) >= 11 is 0. The van der Waals surface area contributed by atoms with E-state index < -0.39 is 0 Å². The summed E-state index contributed by atoms with van der Waals surface area (Å²) in [6.07, 6.45) is 0. The van der Waals surface area contributed by atoms with Crippen molar-refractivity contribution in [2.24, 2.45) is 0 Å². The standard InChI is InChI=1S/C108H5/c1-3-5-7-9-11-13-15-17-19-21-23-25-27-29-31-33-35-37-39-41-43-45-47-49-51-53-55-57-59-61-63-65-67-69-71-73-75-77-79-81-83-85-87-89-91-93-95-97-99-101-103-105-107-108-106-104-102-100-98-96-94-92-90-88-86-84-82-80-78-76-74-72-70-68-66-64-62-60-58-56-54-52-50-48-46-44-42-40-38-36-34-32-30-28-26-24-22-20-18-16-14-12-10-8-6-4-2/h1H2,2H3/q-1. The van der Waals surface area contributed by atoms with Crippen molar-refractivity contribution in [3.63, 3.8) is 0 Å². The molecule has 0 radical (unpaired) electrons. The fourth-order valence-electron chi connectivity index (χ4n) is 3.29. The van der Waals surface area contributed by atoms with E-state index in [2.05, 4.69) is 634 Å². The highest BCUT2D eigenvalue weighted by molar-refractivity contribution is 5.56. The molecule has 0 bridgehead atoms. The Balaban J connectivity index is 4.64. The molecule has 0 unspecified atom stereocenters. The lowest BCUT2D eigenvalue weighted by Crippen LogP contribution is -1.57. The molecule has 0 saturated heterocycles. The van der Waals surface area contributed by atoms with E-state index in [1.54, 1.807) is 6.92 Å².